The number of aliphatic hydroxyl groups is 1. The van der Waals surface area contributed by atoms with Gasteiger partial charge in [0.05, 0.1) is 13.2 Å². The number of amidine groups is 1. The quantitative estimate of drug-likeness (QED) is 0.279. The van der Waals surface area contributed by atoms with Gasteiger partial charge in [-0.3, -0.25) is 4.90 Å². The van der Waals surface area contributed by atoms with E-state index in [9.17, 15) is 0 Å². The van der Waals surface area contributed by atoms with Gasteiger partial charge in [0.2, 0.25) is 0 Å². The molecule has 0 aliphatic heterocycles. The Morgan fingerprint density at radius 2 is 2.00 bits per heavy atom. The average molecular weight is 223 g/mol. The van der Waals surface area contributed by atoms with Gasteiger partial charge in [-0.25, -0.2) is 0 Å². The van der Waals surface area contributed by atoms with E-state index in [1.807, 2.05) is 35.2 Å². The standard InChI is InChI=1S/C11H17N3O2/c12-11(13-16)9-14(6-7-15)8-10-4-2-1-3-5-10/h1-5,15-16H,6-9H2,(H2,12,13). The van der Waals surface area contributed by atoms with Gasteiger partial charge >= 0.3 is 0 Å². The maximum atomic E-state index is 8.92. The van der Waals surface area contributed by atoms with Gasteiger partial charge in [-0.15, -0.1) is 0 Å². The minimum atomic E-state index is 0.0472. The van der Waals surface area contributed by atoms with E-state index in [4.69, 9.17) is 16.0 Å². The first kappa shape index (κ1) is 12.5. The summed E-state index contributed by atoms with van der Waals surface area (Å²) in [6, 6.07) is 9.85. The molecular formula is C11H17N3O2. The molecule has 0 atom stereocenters. The van der Waals surface area contributed by atoms with Crippen molar-refractivity contribution in [3.05, 3.63) is 35.9 Å². The average Bonchev–Trinajstić information content (AvgIpc) is 2.30. The summed E-state index contributed by atoms with van der Waals surface area (Å²) in [6.07, 6.45) is 0. The molecule has 0 heterocycles. The Balaban J connectivity index is 2.57. The predicted molar refractivity (Wildman–Crippen MR) is 62.2 cm³/mol. The molecule has 0 amide bonds. The van der Waals surface area contributed by atoms with E-state index < -0.39 is 0 Å². The normalized spacial score (nSPS) is 12.0. The third kappa shape index (κ3) is 4.29. The van der Waals surface area contributed by atoms with E-state index in [0.717, 1.165) is 5.56 Å². The second-order valence-corrected chi connectivity index (χ2v) is 3.51. The van der Waals surface area contributed by atoms with Crippen LogP contribution in [0.4, 0.5) is 0 Å². The summed E-state index contributed by atoms with van der Waals surface area (Å²) in [5.74, 6) is 0.143. The van der Waals surface area contributed by atoms with Gasteiger partial charge in [0, 0.05) is 13.1 Å². The largest absolute Gasteiger partial charge is 0.409 e. The monoisotopic (exact) mass is 223 g/mol. The third-order valence-corrected chi connectivity index (χ3v) is 2.18. The van der Waals surface area contributed by atoms with E-state index >= 15 is 0 Å². The van der Waals surface area contributed by atoms with Crippen LogP contribution in [0.3, 0.4) is 0 Å². The fourth-order valence-electron chi connectivity index (χ4n) is 1.46. The van der Waals surface area contributed by atoms with Crippen molar-refractivity contribution in [1.29, 1.82) is 0 Å². The van der Waals surface area contributed by atoms with Crippen LogP contribution in [-0.2, 0) is 6.54 Å². The Morgan fingerprint density at radius 3 is 2.56 bits per heavy atom. The number of oxime groups is 1. The molecule has 0 saturated heterocycles. The molecule has 0 saturated carbocycles. The number of rotatable bonds is 6. The SMILES string of the molecule is NC(CN(CCO)Cc1ccccc1)=NO. The van der Waals surface area contributed by atoms with E-state index in [1.165, 1.54) is 0 Å². The van der Waals surface area contributed by atoms with Crippen LogP contribution in [-0.4, -0.2) is 40.7 Å². The number of nitrogens with zero attached hydrogens (tertiary/aromatic N) is 2. The molecule has 0 spiro atoms. The van der Waals surface area contributed by atoms with Crippen molar-refractivity contribution >= 4 is 5.84 Å². The first-order valence-electron chi connectivity index (χ1n) is 5.09. The van der Waals surface area contributed by atoms with Gasteiger partial charge in [-0.05, 0) is 5.56 Å². The highest BCUT2D eigenvalue weighted by Gasteiger charge is 2.07. The van der Waals surface area contributed by atoms with Crippen molar-refractivity contribution in [3.63, 3.8) is 0 Å². The molecule has 5 heteroatoms. The lowest BCUT2D eigenvalue weighted by atomic mass is 10.2. The summed E-state index contributed by atoms with van der Waals surface area (Å²) in [5.41, 5.74) is 6.56. The Labute approximate surface area is 94.8 Å². The molecular weight excluding hydrogens is 206 g/mol. The van der Waals surface area contributed by atoms with E-state index in [0.29, 0.717) is 19.6 Å². The molecule has 0 aliphatic rings. The van der Waals surface area contributed by atoms with Gasteiger partial charge in [0.1, 0.15) is 0 Å². The molecule has 1 aromatic carbocycles. The lowest BCUT2D eigenvalue weighted by Gasteiger charge is -2.20. The minimum Gasteiger partial charge on any atom is -0.409 e. The number of hydrogen-bond acceptors (Lipinski definition) is 4. The summed E-state index contributed by atoms with van der Waals surface area (Å²) in [4.78, 5) is 1.91. The number of aliphatic hydroxyl groups excluding tert-OH is 1. The number of hydrogen-bond donors (Lipinski definition) is 3. The summed E-state index contributed by atoms with van der Waals surface area (Å²) in [5, 5.41) is 20.3. The fourth-order valence-corrected chi connectivity index (χ4v) is 1.46. The molecule has 0 bridgehead atoms. The highest BCUT2D eigenvalue weighted by Crippen LogP contribution is 2.03. The van der Waals surface area contributed by atoms with Crippen molar-refractivity contribution in [2.45, 2.75) is 6.54 Å². The van der Waals surface area contributed by atoms with Gasteiger partial charge in [0.25, 0.3) is 0 Å². The van der Waals surface area contributed by atoms with Crippen molar-refractivity contribution < 1.29 is 10.3 Å². The van der Waals surface area contributed by atoms with Gasteiger partial charge < -0.3 is 16.0 Å². The van der Waals surface area contributed by atoms with Crippen molar-refractivity contribution in [2.75, 3.05) is 19.7 Å². The van der Waals surface area contributed by atoms with Gasteiger partial charge in [-0.1, -0.05) is 35.5 Å². The van der Waals surface area contributed by atoms with Crippen LogP contribution in [0.5, 0.6) is 0 Å². The summed E-state index contributed by atoms with van der Waals surface area (Å²) < 4.78 is 0. The lowest BCUT2D eigenvalue weighted by Crippen LogP contribution is -2.35. The zero-order valence-electron chi connectivity index (χ0n) is 9.08. The highest BCUT2D eigenvalue weighted by molar-refractivity contribution is 5.81. The van der Waals surface area contributed by atoms with Crippen LogP contribution >= 0.6 is 0 Å². The maximum Gasteiger partial charge on any atom is 0.153 e. The second kappa shape index (κ2) is 6.81. The Hall–Kier alpha value is -1.59. The third-order valence-electron chi connectivity index (χ3n) is 2.18. The topological polar surface area (TPSA) is 82.1 Å². The molecule has 0 aromatic heterocycles. The van der Waals surface area contributed by atoms with Crippen molar-refractivity contribution in [1.82, 2.24) is 4.90 Å². The smallest absolute Gasteiger partial charge is 0.153 e. The first-order chi connectivity index (χ1) is 7.76. The van der Waals surface area contributed by atoms with E-state index in [1.54, 1.807) is 0 Å². The molecule has 0 unspecified atom stereocenters. The van der Waals surface area contributed by atoms with E-state index in [2.05, 4.69) is 5.16 Å². The van der Waals surface area contributed by atoms with E-state index in [-0.39, 0.29) is 12.4 Å². The van der Waals surface area contributed by atoms with Crippen molar-refractivity contribution in [3.8, 4) is 0 Å². The van der Waals surface area contributed by atoms with Crippen molar-refractivity contribution in [2.24, 2.45) is 10.9 Å². The highest BCUT2D eigenvalue weighted by atomic mass is 16.4. The van der Waals surface area contributed by atoms with Crippen LogP contribution in [0, 0.1) is 0 Å². The molecule has 16 heavy (non-hydrogen) atoms. The lowest BCUT2D eigenvalue weighted by molar-refractivity contribution is 0.205. The van der Waals surface area contributed by atoms with Crippen LogP contribution in [0.25, 0.3) is 0 Å². The first-order valence-corrected chi connectivity index (χ1v) is 5.09. The Bertz CT molecular complexity index is 327. The Morgan fingerprint density at radius 1 is 1.31 bits per heavy atom. The second-order valence-electron chi connectivity index (χ2n) is 3.51. The van der Waals surface area contributed by atoms with Crippen LogP contribution in [0.2, 0.25) is 0 Å². The van der Waals surface area contributed by atoms with Crippen LogP contribution in [0.15, 0.2) is 35.5 Å². The summed E-state index contributed by atoms with van der Waals surface area (Å²) >= 11 is 0. The molecule has 5 nitrogen and oxygen atoms in total. The molecule has 1 rings (SSSR count). The fraction of sp³-hybridized carbons (Fsp3) is 0.364. The van der Waals surface area contributed by atoms with Crippen LogP contribution in [0.1, 0.15) is 5.56 Å². The minimum absolute atomic E-state index is 0.0472. The molecule has 88 valence electrons. The van der Waals surface area contributed by atoms with Gasteiger partial charge in [-0.2, -0.15) is 0 Å². The molecule has 4 N–H and O–H groups in total. The Kier molecular flexibility index (Phi) is 5.31. The zero-order chi connectivity index (χ0) is 11.8. The van der Waals surface area contributed by atoms with Gasteiger partial charge in [0.15, 0.2) is 5.84 Å². The molecule has 0 fully saturated rings. The predicted octanol–water partition coefficient (Wildman–Crippen LogP) is 0.227. The summed E-state index contributed by atoms with van der Waals surface area (Å²) in [7, 11) is 0. The summed E-state index contributed by atoms with van der Waals surface area (Å²) in [6.45, 7) is 1.54. The maximum absolute atomic E-state index is 8.92. The molecule has 1 aromatic rings. The zero-order valence-corrected chi connectivity index (χ0v) is 9.08. The van der Waals surface area contributed by atoms with Crippen LogP contribution < -0.4 is 5.73 Å². The number of benzene rings is 1. The molecule has 0 aliphatic carbocycles. The number of nitrogens with two attached hydrogens (primary N) is 1. The molecule has 0 radical (unpaired) electrons.